The second kappa shape index (κ2) is 8.45. The van der Waals surface area contributed by atoms with E-state index in [0.29, 0.717) is 11.6 Å². The molecular weight excluding hydrogens is 355 g/mol. The van der Waals surface area contributed by atoms with E-state index in [-0.39, 0.29) is 11.9 Å². The first kappa shape index (κ1) is 18.7. The number of nitrogens with one attached hydrogen (secondary N) is 1. The number of alkyl halides is 3. The molecule has 7 nitrogen and oxygen atoms in total. The molecule has 3 rings (SSSR count). The smallest absolute Gasteiger partial charge is 0.436 e. The van der Waals surface area contributed by atoms with E-state index in [9.17, 15) is 13.2 Å². The fraction of sp³-hybridized carbons (Fsp3) is 0.0625. The van der Waals surface area contributed by atoms with E-state index in [1.807, 2.05) is 0 Å². The minimum Gasteiger partial charge on any atom is -0.436 e. The Kier molecular flexibility index (Phi) is 6.07. The summed E-state index contributed by atoms with van der Waals surface area (Å²) in [5, 5.41) is 9.82. The zero-order valence-corrected chi connectivity index (χ0v) is 12.9. The lowest BCUT2D eigenvalue weighted by Crippen LogP contribution is -2.16. The maximum atomic E-state index is 12.1. The molecule has 0 aliphatic rings. The van der Waals surface area contributed by atoms with Gasteiger partial charge in [0.25, 0.3) is 5.88 Å². The molecule has 0 aliphatic carbocycles. The highest BCUT2D eigenvalue weighted by molar-refractivity contribution is 5.65. The van der Waals surface area contributed by atoms with Gasteiger partial charge in [0.05, 0.1) is 0 Å². The van der Waals surface area contributed by atoms with Crippen molar-refractivity contribution in [2.45, 2.75) is 6.36 Å². The van der Waals surface area contributed by atoms with Crippen molar-refractivity contribution < 1.29 is 32.2 Å². The topological polar surface area (TPSA) is 94.2 Å². The van der Waals surface area contributed by atoms with Gasteiger partial charge >= 0.3 is 12.5 Å². The lowest BCUT2D eigenvalue weighted by atomic mass is 10.1. The number of hydrogen-bond donors (Lipinski definition) is 1. The summed E-state index contributed by atoms with van der Waals surface area (Å²) in [7, 11) is 0. The molecule has 3 aromatic rings. The SMILES string of the molecule is FC(F)(F)Oc1ccc(-c2ccc(Oc3cn[nH]n3)cc2)cc1.O=C=O. The molecule has 0 amide bonds. The summed E-state index contributed by atoms with van der Waals surface area (Å²) in [4.78, 5) is 16.2. The van der Waals surface area contributed by atoms with Crippen LogP contribution in [-0.4, -0.2) is 27.9 Å². The molecule has 1 aromatic heterocycles. The minimum absolute atomic E-state index is 0.250. The third kappa shape index (κ3) is 5.77. The number of halogens is 3. The van der Waals surface area contributed by atoms with Crippen LogP contribution in [0.15, 0.2) is 54.7 Å². The third-order valence-corrected chi connectivity index (χ3v) is 2.89. The van der Waals surface area contributed by atoms with Gasteiger partial charge in [0.15, 0.2) is 0 Å². The maximum Gasteiger partial charge on any atom is 0.573 e. The van der Waals surface area contributed by atoms with Crippen molar-refractivity contribution in [2.75, 3.05) is 0 Å². The Labute approximate surface area is 144 Å². The molecule has 0 aliphatic heterocycles. The zero-order chi connectivity index (χ0) is 19.0. The molecule has 10 heteroatoms. The highest BCUT2D eigenvalue weighted by Crippen LogP contribution is 2.28. The van der Waals surface area contributed by atoms with Crippen LogP contribution in [0, 0.1) is 0 Å². The van der Waals surface area contributed by atoms with Gasteiger partial charge in [-0.25, -0.2) is 0 Å². The van der Waals surface area contributed by atoms with E-state index in [0.717, 1.165) is 11.1 Å². The van der Waals surface area contributed by atoms with Gasteiger partial charge in [-0.2, -0.15) is 19.9 Å². The first-order valence-electron chi connectivity index (χ1n) is 6.90. The van der Waals surface area contributed by atoms with Crippen LogP contribution in [0.2, 0.25) is 0 Å². The average Bonchev–Trinajstić information content (AvgIpc) is 3.09. The number of hydrogen-bond acceptors (Lipinski definition) is 6. The average molecular weight is 365 g/mol. The molecule has 0 radical (unpaired) electrons. The molecule has 2 aromatic carbocycles. The second-order valence-electron chi connectivity index (χ2n) is 4.59. The molecule has 134 valence electrons. The van der Waals surface area contributed by atoms with Crippen LogP contribution >= 0.6 is 0 Å². The van der Waals surface area contributed by atoms with E-state index in [2.05, 4.69) is 20.1 Å². The molecule has 1 N–H and O–H groups in total. The quantitative estimate of drug-likeness (QED) is 0.759. The first-order chi connectivity index (χ1) is 12.4. The van der Waals surface area contributed by atoms with E-state index in [1.54, 1.807) is 36.4 Å². The Hall–Kier alpha value is -3.65. The zero-order valence-electron chi connectivity index (χ0n) is 12.9. The fourth-order valence-corrected chi connectivity index (χ4v) is 1.93. The second-order valence-corrected chi connectivity index (χ2v) is 4.59. The molecule has 0 saturated carbocycles. The number of nitrogens with zero attached hydrogens (tertiary/aromatic N) is 2. The minimum atomic E-state index is -4.69. The van der Waals surface area contributed by atoms with Gasteiger partial charge in [-0.3, -0.25) is 0 Å². The van der Waals surface area contributed by atoms with E-state index >= 15 is 0 Å². The number of carbonyl (C=O) groups excluding carboxylic acids is 2. The summed E-state index contributed by atoms with van der Waals surface area (Å²) in [6.07, 6.45) is -3.01. The summed E-state index contributed by atoms with van der Waals surface area (Å²) in [5.74, 6) is 0.651. The largest absolute Gasteiger partial charge is 0.573 e. The summed E-state index contributed by atoms with van der Waals surface area (Å²) < 4.78 is 45.6. The van der Waals surface area contributed by atoms with Crippen LogP contribution in [0.4, 0.5) is 13.2 Å². The van der Waals surface area contributed by atoms with E-state index in [4.69, 9.17) is 14.3 Å². The molecule has 0 bridgehead atoms. The summed E-state index contributed by atoms with van der Waals surface area (Å²) >= 11 is 0. The fourth-order valence-electron chi connectivity index (χ4n) is 1.93. The van der Waals surface area contributed by atoms with Crippen LogP contribution in [0.25, 0.3) is 11.1 Å². The Morgan fingerprint density at radius 1 is 0.885 bits per heavy atom. The Morgan fingerprint density at radius 3 is 1.81 bits per heavy atom. The number of aromatic amines is 1. The van der Waals surface area contributed by atoms with Crippen molar-refractivity contribution in [3.63, 3.8) is 0 Å². The first-order valence-corrected chi connectivity index (χ1v) is 6.90. The number of ether oxygens (including phenoxy) is 2. The van der Waals surface area contributed by atoms with Crippen molar-refractivity contribution in [2.24, 2.45) is 0 Å². The van der Waals surface area contributed by atoms with Crippen molar-refractivity contribution in [3.05, 3.63) is 54.7 Å². The van der Waals surface area contributed by atoms with Gasteiger partial charge in [-0.05, 0) is 35.4 Å². The van der Waals surface area contributed by atoms with Gasteiger partial charge in [0.2, 0.25) is 0 Å². The summed E-state index contributed by atoms with van der Waals surface area (Å²) in [6.45, 7) is 0. The van der Waals surface area contributed by atoms with Gasteiger partial charge in [-0.1, -0.05) is 24.3 Å². The van der Waals surface area contributed by atoms with Crippen molar-refractivity contribution in [3.8, 4) is 28.5 Å². The molecular formula is C16H10F3N3O4. The summed E-state index contributed by atoms with van der Waals surface area (Å²) in [5.41, 5.74) is 1.59. The van der Waals surface area contributed by atoms with Crippen LogP contribution in [0.3, 0.4) is 0 Å². The molecule has 0 atom stereocenters. The number of aromatic nitrogens is 3. The maximum absolute atomic E-state index is 12.1. The molecule has 0 unspecified atom stereocenters. The predicted octanol–water partition coefficient (Wildman–Crippen LogP) is 3.58. The van der Waals surface area contributed by atoms with Crippen LogP contribution in [0.5, 0.6) is 17.4 Å². The number of benzene rings is 2. The van der Waals surface area contributed by atoms with Gasteiger partial charge in [0, 0.05) is 0 Å². The predicted molar refractivity (Wildman–Crippen MR) is 80.0 cm³/mol. The van der Waals surface area contributed by atoms with Crippen molar-refractivity contribution >= 4 is 6.15 Å². The van der Waals surface area contributed by atoms with Crippen molar-refractivity contribution in [1.82, 2.24) is 15.4 Å². The monoisotopic (exact) mass is 365 g/mol. The Morgan fingerprint density at radius 2 is 1.38 bits per heavy atom. The highest BCUT2D eigenvalue weighted by Gasteiger charge is 2.30. The lowest BCUT2D eigenvalue weighted by Gasteiger charge is -2.09. The van der Waals surface area contributed by atoms with Crippen LogP contribution in [-0.2, 0) is 9.59 Å². The van der Waals surface area contributed by atoms with E-state index in [1.165, 1.54) is 18.3 Å². The molecule has 26 heavy (non-hydrogen) atoms. The number of H-pyrrole nitrogens is 1. The third-order valence-electron chi connectivity index (χ3n) is 2.89. The lowest BCUT2D eigenvalue weighted by molar-refractivity contribution is -0.274. The highest BCUT2D eigenvalue weighted by atomic mass is 19.4. The molecule has 0 fully saturated rings. The standard InChI is InChI=1S/C15H10F3N3O2.CO2/c16-15(17,18)23-13-7-3-11(4-8-13)10-1-5-12(6-2-10)22-14-9-19-21-20-14;2-1-3/h1-9H,(H,19,20,21);. The van der Waals surface area contributed by atoms with Crippen LogP contribution in [0.1, 0.15) is 0 Å². The molecule has 1 heterocycles. The summed E-state index contributed by atoms with van der Waals surface area (Å²) in [6, 6.07) is 12.7. The molecule has 0 saturated heterocycles. The number of rotatable bonds is 4. The normalized spacial score (nSPS) is 10.3. The Bertz CT molecular complexity index is 842. The Balaban J connectivity index is 0.000000758. The van der Waals surface area contributed by atoms with Gasteiger partial charge < -0.3 is 9.47 Å². The van der Waals surface area contributed by atoms with Crippen molar-refractivity contribution in [1.29, 1.82) is 0 Å². The van der Waals surface area contributed by atoms with E-state index < -0.39 is 6.36 Å². The van der Waals surface area contributed by atoms with Gasteiger partial charge in [-0.15, -0.1) is 18.3 Å². The molecule has 0 spiro atoms. The van der Waals surface area contributed by atoms with Gasteiger partial charge in [0.1, 0.15) is 17.7 Å². The van der Waals surface area contributed by atoms with Crippen LogP contribution < -0.4 is 9.47 Å².